The van der Waals surface area contributed by atoms with Crippen LogP contribution >= 0.6 is 11.8 Å². The average molecular weight is 433 g/mol. The van der Waals surface area contributed by atoms with Gasteiger partial charge in [-0.3, -0.25) is 19.8 Å². The second kappa shape index (κ2) is 7.88. The number of carbonyl (C=O) groups is 2. The van der Waals surface area contributed by atoms with Crippen LogP contribution < -0.4 is 10.2 Å². The number of nitrogens with zero attached hydrogens (tertiary/aromatic N) is 4. The number of nitrogens with one attached hydrogen (secondary N) is 3. The van der Waals surface area contributed by atoms with Crippen LogP contribution in [0.15, 0.2) is 53.6 Å². The molecule has 5 rings (SSSR count). The highest BCUT2D eigenvalue weighted by Gasteiger charge is 2.31. The Bertz CT molecular complexity index is 1270. The van der Waals surface area contributed by atoms with Crippen LogP contribution in [0.5, 0.6) is 0 Å². The van der Waals surface area contributed by atoms with Gasteiger partial charge in [0.15, 0.2) is 0 Å². The number of anilines is 1. The molecule has 1 aliphatic rings. The number of likely N-dealkylation sites (N-methyl/N-ethyl adjacent to an activating group) is 1. The fourth-order valence-corrected chi connectivity index (χ4v) is 4.64. The van der Waals surface area contributed by atoms with E-state index in [1.807, 2.05) is 42.5 Å². The van der Waals surface area contributed by atoms with Crippen molar-refractivity contribution in [3.8, 4) is 0 Å². The molecular formula is C21H19N7O2S. The molecule has 0 saturated carbocycles. The van der Waals surface area contributed by atoms with Crippen LogP contribution in [0.4, 0.5) is 5.69 Å². The molecule has 0 aliphatic carbocycles. The number of hydrogen-bond donors (Lipinski definition) is 3. The lowest BCUT2D eigenvalue weighted by atomic mass is 10.1. The van der Waals surface area contributed by atoms with Crippen molar-refractivity contribution in [2.24, 2.45) is 0 Å². The quantitative estimate of drug-likeness (QED) is 0.454. The third-order valence-electron chi connectivity index (χ3n) is 5.17. The molecule has 156 valence electrons. The van der Waals surface area contributed by atoms with Gasteiger partial charge in [0.05, 0.1) is 17.4 Å². The summed E-state index contributed by atoms with van der Waals surface area (Å²) in [5.74, 6) is 0.342. The molecule has 3 heterocycles. The maximum Gasteiger partial charge on any atom is 0.291 e. The van der Waals surface area contributed by atoms with Gasteiger partial charge >= 0.3 is 0 Å². The van der Waals surface area contributed by atoms with Gasteiger partial charge in [-0.2, -0.15) is 5.10 Å². The van der Waals surface area contributed by atoms with Gasteiger partial charge in [-0.05, 0) is 17.7 Å². The first kappa shape index (κ1) is 19.3. The summed E-state index contributed by atoms with van der Waals surface area (Å²) >= 11 is 1.51. The van der Waals surface area contributed by atoms with Crippen molar-refractivity contribution in [1.29, 1.82) is 0 Å². The molecule has 2 amide bonds. The smallest absolute Gasteiger partial charge is 0.291 e. The number of carbonyl (C=O) groups excluding carboxylic acids is 2. The normalized spacial score (nSPS) is 16.2. The molecule has 3 N–H and O–H groups in total. The summed E-state index contributed by atoms with van der Waals surface area (Å²) < 4.78 is 0. The van der Waals surface area contributed by atoms with Crippen molar-refractivity contribution >= 4 is 40.2 Å². The Morgan fingerprint density at radius 3 is 2.94 bits per heavy atom. The van der Waals surface area contributed by atoms with Gasteiger partial charge in [-0.1, -0.05) is 30.3 Å². The number of aromatic amines is 2. The van der Waals surface area contributed by atoms with Gasteiger partial charge in [0.1, 0.15) is 11.9 Å². The lowest BCUT2D eigenvalue weighted by Gasteiger charge is -2.21. The van der Waals surface area contributed by atoms with Gasteiger partial charge in [0, 0.05) is 29.5 Å². The van der Waals surface area contributed by atoms with Crippen LogP contribution in [0, 0.1) is 0 Å². The fourth-order valence-electron chi connectivity index (χ4n) is 3.53. The zero-order valence-electron chi connectivity index (χ0n) is 16.6. The second-order valence-corrected chi connectivity index (χ2v) is 8.34. The van der Waals surface area contributed by atoms with Gasteiger partial charge in [-0.25, -0.2) is 4.98 Å². The minimum Gasteiger partial charge on any atom is -0.337 e. The maximum atomic E-state index is 13.0. The third-order valence-corrected chi connectivity index (χ3v) is 6.31. The number of amides is 2. The van der Waals surface area contributed by atoms with E-state index in [0.717, 1.165) is 27.0 Å². The Hall–Kier alpha value is -3.66. The van der Waals surface area contributed by atoms with Crippen molar-refractivity contribution in [2.45, 2.75) is 17.4 Å². The lowest BCUT2D eigenvalue weighted by molar-refractivity contribution is -0.119. The predicted molar refractivity (Wildman–Crippen MR) is 117 cm³/mol. The molecule has 1 aliphatic heterocycles. The van der Waals surface area contributed by atoms with Gasteiger partial charge in [0.2, 0.25) is 11.7 Å². The molecule has 2 aromatic carbocycles. The van der Waals surface area contributed by atoms with Crippen LogP contribution in [0.1, 0.15) is 22.0 Å². The molecule has 31 heavy (non-hydrogen) atoms. The van der Waals surface area contributed by atoms with Crippen LogP contribution in [0.2, 0.25) is 0 Å². The number of rotatable bonds is 4. The highest BCUT2D eigenvalue weighted by Crippen LogP contribution is 2.36. The summed E-state index contributed by atoms with van der Waals surface area (Å²) in [6, 6.07) is 13.0. The number of benzene rings is 2. The molecule has 4 aromatic rings. The highest BCUT2D eigenvalue weighted by atomic mass is 32.2. The summed E-state index contributed by atoms with van der Waals surface area (Å²) in [6.07, 6.45) is 2.26. The van der Waals surface area contributed by atoms with E-state index >= 15 is 0 Å². The van der Waals surface area contributed by atoms with E-state index in [2.05, 4.69) is 30.7 Å². The Balaban J connectivity index is 1.31. The highest BCUT2D eigenvalue weighted by molar-refractivity contribution is 7.99. The van der Waals surface area contributed by atoms with Gasteiger partial charge in [-0.15, -0.1) is 16.9 Å². The molecule has 0 unspecified atom stereocenters. The van der Waals surface area contributed by atoms with Crippen molar-refractivity contribution in [2.75, 3.05) is 17.7 Å². The van der Waals surface area contributed by atoms with Gasteiger partial charge in [0.25, 0.3) is 5.91 Å². The van der Waals surface area contributed by atoms with Crippen LogP contribution in [-0.4, -0.2) is 56.0 Å². The fraction of sp³-hybridized carbons (Fsp3) is 0.190. The monoisotopic (exact) mass is 433 g/mol. The Labute approximate surface area is 181 Å². The molecule has 2 aromatic heterocycles. The largest absolute Gasteiger partial charge is 0.337 e. The van der Waals surface area contributed by atoms with E-state index in [-0.39, 0.29) is 11.7 Å². The van der Waals surface area contributed by atoms with E-state index in [9.17, 15) is 9.59 Å². The minimum absolute atomic E-state index is 0.0209. The number of thioether (sulfide) groups is 1. The summed E-state index contributed by atoms with van der Waals surface area (Å²) in [7, 11) is 1.71. The molecular weight excluding hydrogens is 414 g/mol. The van der Waals surface area contributed by atoms with E-state index in [1.54, 1.807) is 18.1 Å². The summed E-state index contributed by atoms with van der Waals surface area (Å²) in [4.78, 5) is 32.6. The first-order chi connectivity index (χ1) is 15.1. The molecule has 0 saturated heterocycles. The van der Waals surface area contributed by atoms with Crippen molar-refractivity contribution < 1.29 is 9.59 Å². The number of aromatic nitrogens is 5. The van der Waals surface area contributed by atoms with Crippen LogP contribution in [-0.2, 0) is 11.2 Å². The number of H-pyrrole nitrogens is 2. The molecule has 0 radical (unpaired) electrons. The number of fused-ring (bicyclic) bond motifs is 2. The van der Waals surface area contributed by atoms with Crippen molar-refractivity contribution in [3.63, 3.8) is 0 Å². The minimum atomic E-state index is -0.692. The lowest BCUT2D eigenvalue weighted by Crippen LogP contribution is -2.48. The molecule has 10 heteroatoms. The Morgan fingerprint density at radius 2 is 2.10 bits per heavy atom. The zero-order valence-corrected chi connectivity index (χ0v) is 17.4. The molecule has 0 fully saturated rings. The second-order valence-electron chi connectivity index (χ2n) is 7.28. The first-order valence-electron chi connectivity index (χ1n) is 9.72. The van der Waals surface area contributed by atoms with E-state index in [1.165, 1.54) is 11.8 Å². The van der Waals surface area contributed by atoms with Crippen LogP contribution in [0.25, 0.3) is 10.9 Å². The topological polar surface area (TPSA) is 120 Å². The Kier molecular flexibility index (Phi) is 4.91. The molecule has 0 bridgehead atoms. The van der Waals surface area contributed by atoms with E-state index < -0.39 is 11.9 Å². The summed E-state index contributed by atoms with van der Waals surface area (Å²) in [5.41, 5.74) is 2.76. The SMILES string of the molecule is CN1C(=O)[C@@H](NC(=O)c2n[nH]c(Cc3ccccc3)n2)CSc2cc3[nH]ncc3cc21. The standard InChI is InChI=1S/C21H19N7O2S/c1-28-16-8-13-10-22-25-14(13)9-17(16)31-11-15(21(28)30)23-20(29)19-24-18(26-27-19)7-12-5-3-2-4-6-12/h2-6,8-10,15H,7,11H2,1H3,(H,22,25)(H,23,29)(H,24,26,27)/t15-/m0/s1. The average Bonchev–Trinajstić information content (AvgIpc) is 3.42. The number of hydrogen-bond acceptors (Lipinski definition) is 6. The summed E-state index contributed by atoms with van der Waals surface area (Å²) in [5, 5.41) is 17.5. The molecule has 9 nitrogen and oxygen atoms in total. The van der Waals surface area contributed by atoms with Gasteiger partial charge < -0.3 is 10.2 Å². The predicted octanol–water partition coefficient (Wildman–Crippen LogP) is 2.14. The molecule has 0 spiro atoms. The summed E-state index contributed by atoms with van der Waals surface area (Å²) in [6.45, 7) is 0. The van der Waals surface area contributed by atoms with Crippen molar-refractivity contribution in [1.82, 2.24) is 30.7 Å². The molecule has 1 atom stereocenters. The van der Waals surface area contributed by atoms with Crippen LogP contribution in [0.3, 0.4) is 0 Å². The van der Waals surface area contributed by atoms with Crippen molar-refractivity contribution in [3.05, 3.63) is 65.9 Å². The third kappa shape index (κ3) is 3.77. The van der Waals surface area contributed by atoms with E-state index in [0.29, 0.717) is 18.0 Å². The first-order valence-corrected chi connectivity index (χ1v) is 10.7. The zero-order chi connectivity index (χ0) is 21.4. The maximum absolute atomic E-state index is 13.0. The Morgan fingerprint density at radius 1 is 1.26 bits per heavy atom. The van der Waals surface area contributed by atoms with E-state index in [4.69, 9.17) is 0 Å².